The van der Waals surface area contributed by atoms with Gasteiger partial charge in [0.15, 0.2) is 11.6 Å². The van der Waals surface area contributed by atoms with E-state index in [1.165, 1.54) is 0 Å². The number of rotatable bonds is 4. The molecule has 0 heterocycles. The second kappa shape index (κ2) is 6.08. The zero-order valence-electron chi connectivity index (χ0n) is 11.3. The van der Waals surface area contributed by atoms with Crippen molar-refractivity contribution in [3.05, 3.63) is 34.9 Å². The molecule has 0 aliphatic heterocycles. The van der Waals surface area contributed by atoms with Crippen molar-refractivity contribution in [2.45, 2.75) is 25.7 Å². The Morgan fingerprint density at radius 1 is 1.33 bits per heavy atom. The maximum Gasteiger partial charge on any atom is 0.164 e. The number of nitriles is 2. The number of nitrogens with zero attached hydrogens (tertiary/aromatic N) is 2. The molecule has 1 aromatic carbocycles. The minimum Gasteiger partial charge on any atom is -0.298 e. The summed E-state index contributed by atoms with van der Waals surface area (Å²) in [6, 6.07) is 10.3. The molecule has 1 saturated carbocycles. The smallest absolute Gasteiger partial charge is 0.164 e. The van der Waals surface area contributed by atoms with Gasteiger partial charge < -0.3 is 0 Å². The van der Waals surface area contributed by atoms with Gasteiger partial charge in [0.2, 0.25) is 0 Å². The highest BCUT2D eigenvalue weighted by Crippen LogP contribution is 2.42. The average molecular weight is 301 g/mol. The van der Waals surface area contributed by atoms with Crippen LogP contribution < -0.4 is 0 Å². The molecule has 1 aliphatic rings. The van der Waals surface area contributed by atoms with Gasteiger partial charge in [-0.1, -0.05) is 11.6 Å². The molecule has 1 fully saturated rings. The van der Waals surface area contributed by atoms with Gasteiger partial charge in [-0.05, 0) is 37.1 Å². The van der Waals surface area contributed by atoms with Crippen molar-refractivity contribution in [3.63, 3.8) is 0 Å². The Kier molecular flexibility index (Phi) is 4.40. The first-order chi connectivity index (χ1) is 10.0. The van der Waals surface area contributed by atoms with Gasteiger partial charge in [-0.2, -0.15) is 10.5 Å². The number of hydrogen-bond donors (Lipinski definition) is 0. The molecule has 5 heteroatoms. The number of benzene rings is 1. The molecule has 2 atom stereocenters. The lowest BCUT2D eigenvalue weighted by molar-refractivity contribution is -0.124. The van der Waals surface area contributed by atoms with Crippen LogP contribution in [0.25, 0.3) is 0 Å². The molecule has 0 radical (unpaired) electrons. The van der Waals surface area contributed by atoms with Gasteiger partial charge in [-0.3, -0.25) is 9.59 Å². The lowest BCUT2D eigenvalue weighted by atomic mass is 9.72. The van der Waals surface area contributed by atoms with Crippen molar-refractivity contribution in [3.8, 4) is 12.1 Å². The van der Waals surface area contributed by atoms with E-state index in [2.05, 4.69) is 0 Å². The summed E-state index contributed by atoms with van der Waals surface area (Å²) in [5.74, 6) is -1.38. The number of carbonyl (C=O) groups excluding carboxylic acids is 2. The highest BCUT2D eigenvalue weighted by Gasteiger charge is 2.49. The Morgan fingerprint density at radius 2 is 2.00 bits per heavy atom. The molecule has 0 saturated heterocycles. The van der Waals surface area contributed by atoms with Gasteiger partial charge in [0.25, 0.3) is 0 Å². The van der Waals surface area contributed by atoms with Gasteiger partial charge >= 0.3 is 0 Å². The largest absolute Gasteiger partial charge is 0.298 e. The summed E-state index contributed by atoms with van der Waals surface area (Å²) in [5.41, 5.74) is -0.894. The maximum absolute atomic E-state index is 12.2. The van der Waals surface area contributed by atoms with Crippen LogP contribution in [0.15, 0.2) is 24.3 Å². The fourth-order valence-corrected chi connectivity index (χ4v) is 2.85. The van der Waals surface area contributed by atoms with E-state index in [0.717, 1.165) is 0 Å². The Morgan fingerprint density at radius 3 is 2.48 bits per heavy atom. The molecule has 2 rings (SSSR count). The zero-order valence-corrected chi connectivity index (χ0v) is 12.1. The van der Waals surface area contributed by atoms with Gasteiger partial charge in [0.1, 0.15) is 5.41 Å². The molecule has 106 valence electrons. The summed E-state index contributed by atoms with van der Waals surface area (Å²) in [7, 11) is 0. The molecule has 0 amide bonds. The number of Topliss-reactive ketones (excluding diaryl/α,β-unsaturated/α-hetero) is 2. The number of ketones is 2. The molecule has 0 bridgehead atoms. The topological polar surface area (TPSA) is 81.7 Å². The highest BCUT2D eigenvalue weighted by atomic mass is 35.5. The van der Waals surface area contributed by atoms with Crippen molar-refractivity contribution < 1.29 is 9.59 Å². The predicted octanol–water partition coefficient (Wildman–Crippen LogP) is 3.32. The Labute approximate surface area is 127 Å². The third-order valence-corrected chi connectivity index (χ3v) is 4.23. The fraction of sp³-hybridized carbons (Fsp3) is 0.375. The minimum atomic E-state index is -1.32. The second-order valence-electron chi connectivity index (χ2n) is 5.18. The minimum absolute atomic E-state index is 0.128. The normalized spacial score (nSPS) is 22.3. The van der Waals surface area contributed by atoms with Crippen molar-refractivity contribution in [1.29, 1.82) is 10.5 Å². The third kappa shape index (κ3) is 2.82. The van der Waals surface area contributed by atoms with E-state index in [9.17, 15) is 20.1 Å². The first-order valence-corrected chi connectivity index (χ1v) is 7.04. The van der Waals surface area contributed by atoms with Gasteiger partial charge in [0, 0.05) is 23.4 Å². The lowest BCUT2D eigenvalue weighted by Gasteiger charge is -2.23. The molecule has 0 aromatic heterocycles. The Bertz CT molecular complexity index is 654. The van der Waals surface area contributed by atoms with E-state index in [1.807, 2.05) is 12.1 Å². The predicted molar refractivity (Wildman–Crippen MR) is 76.4 cm³/mol. The van der Waals surface area contributed by atoms with Crippen LogP contribution in [-0.4, -0.2) is 11.6 Å². The zero-order chi connectivity index (χ0) is 15.5. The fourth-order valence-electron chi connectivity index (χ4n) is 2.72. The number of carbonyl (C=O) groups is 2. The number of hydrogen-bond acceptors (Lipinski definition) is 4. The van der Waals surface area contributed by atoms with Crippen LogP contribution in [0.5, 0.6) is 0 Å². The summed E-state index contributed by atoms with van der Waals surface area (Å²) in [4.78, 5) is 24.2. The summed E-state index contributed by atoms with van der Waals surface area (Å²) >= 11 is 5.77. The van der Waals surface area contributed by atoms with Gasteiger partial charge in [-0.25, -0.2) is 0 Å². The lowest BCUT2D eigenvalue weighted by Crippen LogP contribution is -2.34. The summed E-state index contributed by atoms with van der Waals surface area (Å²) in [6.45, 7) is 0. The quantitative estimate of drug-likeness (QED) is 0.799. The van der Waals surface area contributed by atoms with Crippen LogP contribution in [0.2, 0.25) is 5.02 Å². The number of halogens is 1. The highest BCUT2D eigenvalue weighted by molar-refractivity contribution is 6.30. The van der Waals surface area contributed by atoms with Crippen LogP contribution in [0.3, 0.4) is 0 Å². The molecule has 0 N–H and O–H groups in total. The molecular weight excluding hydrogens is 288 g/mol. The van der Waals surface area contributed by atoms with E-state index < -0.39 is 11.3 Å². The maximum atomic E-state index is 12.2. The van der Waals surface area contributed by atoms with Crippen LogP contribution >= 0.6 is 11.6 Å². The molecule has 4 nitrogen and oxygen atoms in total. The van der Waals surface area contributed by atoms with E-state index in [-0.39, 0.29) is 18.0 Å². The SMILES string of the molecule is N#C[C@@H](CC(=O)c1ccc(Cl)cc1)[C@]1(C#N)CCCC1=O. The Hall–Kier alpha value is -2.17. The standard InChI is InChI=1S/C16H13ClN2O2/c17-13-5-3-11(4-6-13)14(20)8-12(9-18)16(10-19)7-1-2-15(16)21/h3-6,12H,1-2,7-8H2/t12-,16-/m1/s1. The van der Waals surface area contributed by atoms with Crippen LogP contribution in [0.4, 0.5) is 0 Å². The molecular formula is C16H13ClN2O2. The third-order valence-electron chi connectivity index (χ3n) is 3.98. The van der Waals surface area contributed by atoms with Crippen LogP contribution in [-0.2, 0) is 4.79 Å². The van der Waals surface area contributed by atoms with Crippen molar-refractivity contribution in [2.75, 3.05) is 0 Å². The monoisotopic (exact) mass is 300 g/mol. The second-order valence-corrected chi connectivity index (χ2v) is 5.61. The molecule has 1 aromatic rings. The summed E-state index contributed by atoms with van der Waals surface area (Å²) < 4.78 is 0. The molecule has 0 unspecified atom stereocenters. The van der Waals surface area contributed by atoms with Gasteiger partial charge in [-0.15, -0.1) is 0 Å². The van der Waals surface area contributed by atoms with Crippen molar-refractivity contribution in [1.82, 2.24) is 0 Å². The van der Waals surface area contributed by atoms with E-state index in [0.29, 0.717) is 29.8 Å². The Balaban J connectivity index is 2.22. The van der Waals surface area contributed by atoms with E-state index in [1.54, 1.807) is 24.3 Å². The molecule has 0 spiro atoms. The summed E-state index contributed by atoms with van der Waals surface area (Å²) in [6.07, 6.45) is 1.13. The van der Waals surface area contributed by atoms with Crippen LogP contribution in [0.1, 0.15) is 36.0 Å². The van der Waals surface area contributed by atoms with Crippen molar-refractivity contribution >= 4 is 23.2 Å². The van der Waals surface area contributed by atoms with Crippen molar-refractivity contribution in [2.24, 2.45) is 11.3 Å². The van der Waals surface area contributed by atoms with Gasteiger partial charge in [0.05, 0.1) is 18.1 Å². The average Bonchev–Trinajstić information content (AvgIpc) is 2.87. The molecule has 1 aliphatic carbocycles. The van der Waals surface area contributed by atoms with E-state index >= 15 is 0 Å². The summed E-state index contributed by atoms with van der Waals surface area (Å²) in [5, 5.41) is 19.2. The van der Waals surface area contributed by atoms with Crippen LogP contribution in [0, 0.1) is 34.0 Å². The first-order valence-electron chi connectivity index (χ1n) is 6.66. The first kappa shape index (κ1) is 15.2. The molecule has 21 heavy (non-hydrogen) atoms. The van der Waals surface area contributed by atoms with E-state index in [4.69, 9.17) is 11.6 Å².